The maximum absolute atomic E-state index is 13.9. The van der Waals surface area contributed by atoms with Crippen LogP contribution in [0.15, 0.2) is 42.5 Å². The summed E-state index contributed by atoms with van der Waals surface area (Å²) in [5.41, 5.74) is 0.917. The molecule has 2 aromatic carbocycles. The largest absolute Gasteiger partial charge is 0.494 e. The van der Waals surface area contributed by atoms with Crippen LogP contribution in [0.25, 0.3) is 0 Å². The summed E-state index contributed by atoms with van der Waals surface area (Å²) in [7, 11) is 1.46. The van der Waals surface area contributed by atoms with Gasteiger partial charge in [-0.25, -0.2) is 4.39 Å². The number of ether oxygens (including phenoxy) is 3. The van der Waals surface area contributed by atoms with Crippen LogP contribution >= 0.6 is 0 Å². The average Bonchev–Trinajstić information content (AvgIpc) is 2.78. The lowest BCUT2D eigenvalue weighted by Gasteiger charge is -2.32. The summed E-state index contributed by atoms with van der Waals surface area (Å²) in [4.78, 5) is 14.5. The number of likely N-dealkylation sites (tertiary alicyclic amines) is 1. The molecule has 0 atom stereocenters. The molecule has 0 spiro atoms. The molecule has 0 radical (unpaired) electrons. The van der Waals surface area contributed by atoms with E-state index in [1.54, 1.807) is 18.2 Å². The van der Waals surface area contributed by atoms with Gasteiger partial charge in [-0.2, -0.15) is 0 Å². The highest BCUT2D eigenvalue weighted by molar-refractivity contribution is 5.77. The highest BCUT2D eigenvalue weighted by Gasteiger charge is 2.21. The quantitative estimate of drug-likeness (QED) is 0.622. The first-order valence-corrected chi connectivity index (χ1v) is 10.8. The van der Waals surface area contributed by atoms with Gasteiger partial charge in [0.15, 0.2) is 18.2 Å². The van der Waals surface area contributed by atoms with Gasteiger partial charge in [-0.1, -0.05) is 13.0 Å². The zero-order chi connectivity index (χ0) is 22.1. The minimum absolute atomic E-state index is 0.0134. The molecule has 2 aromatic rings. The lowest BCUT2D eigenvalue weighted by molar-refractivity contribution is -0.124. The van der Waals surface area contributed by atoms with Gasteiger partial charge < -0.3 is 19.5 Å². The molecule has 3 rings (SSSR count). The molecule has 1 aliphatic heterocycles. The van der Waals surface area contributed by atoms with Gasteiger partial charge in [-0.3, -0.25) is 9.69 Å². The van der Waals surface area contributed by atoms with Crippen LogP contribution in [-0.2, 0) is 11.3 Å². The number of hydrogen-bond acceptors (Lipinski definition) is 5. The van der Waals surface area contributed by atoms with Crippen LogP contribution in [-0.4, -0.2) is 50.3 Å². The molecular weight excluding hydrogens is 399 g/mol. The fourth-order valence-electron chi connectivity index (χ4n) is 3.57. The Morgan fingerprint density at radius 3 is 2.39 bits per heavy atom. The summed E-state index contributed by atoms with van der Waals surface area (Å²) < 4.78 is 29.9. The van der Waals surface area contributed by atoms with Crippen molar-refractivity contribution in [1.29, 1.82) is 0 Å². The van der Waals surface area contributed by atoms with Crippen LogP contribution in [0.3, 0.4) is 0 Å². The first-order valence-electron chi connectivity index (χ1n) is 10.8. The van der Waals surface area contributed by atoms with Crippen LogP contribution < -0.4 is 19.5 Å². The summed E-state index contributed by atoms with van der Waals surface area (Å²) in [5.74, 6) is 1.23. The summed E-state index contributed by atoms with van der Waals surface area (Å²) in [6.45, 7) is 5.10. The van der Waals surface area contributed by atoms with Crippen molar-refractivity contribution in [3.8, 4) is 17.2 Å². The van der Waals surface area contributed by atoms with Crippen molar-refractivity contribution < 1.29 is 23.4 Å². The van der Waals surface area contributed by atoms with Gasteiger partial charge in [0.2, 0.25) is 0 Å². The van der Waals surface area contributed by atoms with E-state index in [-0.39, 0.29) is 30.1 Å². The summed E-state index contributed by atoms with van der Waals surface area (Å²) in [6, 6.07) is 12.5. The number of carbonyl (C=O) groups is 1. The zero-order valence-corrected chi connectivity index (χ0v) is 18.2. The van der Waals surface area contributed by atoms with Gasteiger partial charge in [-0.05, 0) is 61.2 Å². The van der Waals surface area contributed by atoms with Gasteiger partial charge in [0, 0.05) is 25.7 Å². The number of hydrogen-bond donors (Lipinski definition) is 1. The van der Waals surface area contributed by atoms with E-state index in [0.717, 1.165) is 43.7 Å². The molecule has 1 heterocycles. The van der Waals surface area contributed by atoms with E-state index in [4.69, 9.17) is 14.2 Å². The molecule has 7 heteroatoms. The lowest BCUT2D eigenvalue weighted by Crippen LogP contribution is -2.45. The van der Waals surface area contributed by atoms with Crippen LogP contribution in [0.2, 0.25) is 0 Å². The summed E-state index contributed by atoms with van der Waals surface area (Å²) in [5, 5.41) is 3.05. The molecule has 1 fully saturated rings. The maximum Gasteiger partial charge on any atom is 0.258 e. The van der Waals surface area contributed by atoms with Crippen LogP contribution in [0.1, 0.15) is 31.7 Å². The van der Waals surface area contributed by atoms with Crippen molar-refractivity contribution in [2.24, 2.45) is 0 Å². The van der Waals surface area contributed by atoms with Crippen LogP contribution in [0.4, 0.5) is 4.39 Å². The third kappa shape index (κ3) is 7.14. The van der Waals surface area contributed by atoms with Gasteiger partial charge in [0.1, 0.15) is 11.5 Å². The molecule has 0 bridgehead atoms. The monoisotopic (exact) mass is 430 g/mol. The van der Waals surface area contributed by atoms with Crippen molar-refractivity contribution in [2.45, 2.75) is 38.8 Å². The predicted molar refractivity (Wildman–Crippen MR) is 117 cm³/mol. The van der Waals surface area contributed by atoms with Gasteiger partial charge in [-0.15, -0.1) is 0 Å². The van der Waals surface area contributed by atoms with Crippen molar-refractivity contribution in [2.75, 3.05) is 33.4 Å². The third-order valence-electron chi connectivity index (χ3n) is 5.24. The Labute approximate surface area is 183 Å². The SMILES string of the molecule is CCCOc1ccc(OCC(=O)NC2CCN(Cc3ccc(OC)c(F)c3)CC2)cc1. The molecule has 31 heavy (non-hydrogen) atoms. The second kappa shape index (κ2) is 11.6. The minimum Gasteiger partial charge on any atom is -0.494 e. The number of amides is 1. The fourth-order valence-corrected chi connectivity index (χ4v) is 3.57. The van der Waals surface area contributed by atoms with E-state index in [9.17, 15) is 9.18 Å². The highest BCUT2D eigenvalue weighted by Crippen LogP contribution is 2.21. The number of piperidine rings is 1. The fraction of sp³-hybridized carbons (Fsp3) is 0.458. The Morgan fingerprint density at radius 1 is 1.10 bits per heavy atom. The van der Waals surface area contributed by atoms with Gasteiger partial charge in [0.25, 0.3) is 5.91 Å². The normalized spacial score (nSPS) is 14.8. The highest BCUT2D eigenvalue weighted by atomic mass is 19.1. The van der Waals surface area contributed by atoms with Crippen molar-refractivity contribution in [3.05, 3.63) is 53.8 Å². The molecule has 1 aliphatic rings. The number of methoxy groups -OCH3 is 1. The molecule has 0 aromatic heterocycles. The van der Waals surface area contributed by atoms with E-state index < -0.39 is 0 Å². The number of benzene rings is 2. The Balaban J connectivity index is 1.36. The van der Waals surface area contributed by atoms with Gasteiger partial charge >= 0.3 is 0 Å². The zero-order valence-electron chi connectivity index (χ0n) is 18.2. The predicted octanol–water partition coefficient (Wildman–Crippen LogP) is 3.78. The molecule has 1 amide bonds. The first kappa shape index (κ1) is 22.9. The van der Waals surface area contributed by atoms with Crippen molar-refractivity contribution >= 4 is 5.91 Å². The molecule has 6 nitrogen and oxygen atoms in total. The molecule has 0 saturated carbocycles. The first-order chi connectivity index (χ1) is 15.1. The minimum atomic E-state index is -0.342. The summed E-state index contributed by atoms with van der Waals surface area (Å²) in [6.07, 6.45) is 2.67. The average molecular weight is 431 g/mol. The van der Waals surface area contributed by atoms with E-state index in [2.05, 4.69) is 17.1 Å². The van der Waals surface area contributed by atoms with E-state index in [1.165, 1.54) is 13.2 Å². The van der Waals surface area contributed by atoms with E-state index in [0.29, 0.717) is 18.9 Å². The molecular formula is C24H31FN2O4. The topological polar surface area (TPSA) is 60.0 Å². The third-order valence-corrected chi connectivity index (χ3v) is 5.24. The smallest absolute Gasteiger partial charge is 0.258 e. The molecule has 0 aliphatic carbocycles. The molecule has 1 saturated heterocycles. The second-order valence-corrected chi connectivity index (χ2v) is 7.70. The Kier molecular flexibility index (Phi) is 8.53. The van der Waals surface area contributed by atoms with E-state index >= 15 is 0 Å². The Hall–Kier alpha value is -2.80. The van der Waals surface area contributed by atoms with Crippen molar-refractivity contribution in [3.63, 3.8) is 0 Å². The molecule has 168 valence electrons. The van der Waals surface area contributed by atoms with Crippen molar-refractivity contribution in [1.82, 2.24) is 10.2 Å². The Bertz CT molecular complexity index is 836. The van der Waals surface area contributed by atoms with Crippen LogP contribution in [0, 0.1) is 5.82 Å². The number of nitrogens with one attached hydrogen (secondary N) is 1. The van der Waals surface area contributed by atoms with Gasteiger partial charge in [0.05, 0.1) is 13.7 Å². The molecule has 1 N–H and O–H groups in total. The number of nitrogens with zero attached hydrogens (tertiary/aromatic N) is 1. The lowest BCUT2D eigenvalue weighted by atomic mass is 10.0. The summed E-state index contributed by atoms with van der Waals surface area (Å²) >= 11 is 0. The standard InChI is InChI=1S/C24H31FN2O4/c1-3-14-30-20-5-7-21(8-6-20)31-17-24(28)26-19-10-12-27(13-11-19)16-18-4-9-23(29-2)22(25)15-18/h4-9,15,19H,3,10-14,16-17H2,1-2H3,(H,26,28). The second-order valence-electron chi connectivity index (χ2n) is 7.70. The Morgan fingerprint density at radius 2 is 1.77 bits per heavy atom. The number of carbonyl (C=O) groups excluding carboxylic acids is 1. The maximum atomic E-state index is 13.9. The van der Waals surface area contributed by atoms with Crippen LogP contribution in [0.5, 0.6) is 17.2 Å². The number of halogens is 1. The molecule has 0 unspecified atom stereocenters. The number of rotatable bonds is 10. The van der Waals surface area contributed by atoms with E-state index in [1.807, 2.05) is 18.2 Å².